The predicted octanol–water partition coefficient (Wildman–Crippen LogP) is 1.33. The van der Waals surface area contributed by atoms with Gasteiger partial charge < -0.3 is 5.11 Å². The van der Waals surface area contributed by atoms with E-state index in [1.165, 1.54) is 12.5 Å². The molecule has 1 fully saturated rings. The first-order valence-electron chi connectivity index (χ1n) is 10.7. The standard InChI is InChI=1S/C21H27N5O5S/c22-32(29,30)31-12-15-8-14(10-20(15)27)9-19-17(11-23-13-24-19)21(28)18-6-7-26(25-18)16-4-2-1-3-5-16/h2,4,6-7,11,13-16,20,27H,1,3,5,8-10,12H2,(H2,22,29,30)/t14-,15+,16?,20-/m0/s1. The van der Waals surface area contributed by atoms with Crippen LogP contribution < -0.4 is 5.14 Å². The van der Waals surface area contributed by atoms with Crippen molar-refractivity contribution >= 4 is 16.1 Å². The van der Waals surface area contributed by atoms with Crippen molar-refractivity contribution in [1.82, 2.24) is 19.7 Å². The summed E-state index contributed by atoms with van der Waals surface area (Å²) in [6, 6.07) is 1.87. The third kappa shape index (κ3) is 5.47. The molecule has 0 saturated heterocycles. The number of nitrogens with two attached hydrogens (primary N) is 1. The lowest BCUT2D eigenvalue weighted by Crippen LogP contribution is -2.24. The summed E-state index contributed by atoms with van der Waals surface area (Å²) in [6.07, 6.45) is 12.9. The molecule has 2 aliphatic rings. The quantitative estimate of drug-likeness (QED) is 0.441. The highest BCUT2D eigenvalue weighted by Crippen LogP contribution is 2.34. The molecule has 1 unspecified atom stereocenters. The Morgan fingerprint density at radius 1 is 1.34 bits per heavy atom. The molecule has 2 aliphatic carbocycles. The van der Waals surface area contributed by atoms with Gasteiger partial charge in [-0.15, -0.1) is 0 Å². The molecular formula is C21H27N5O5S. The smallest absolute Gasteiger partial charge is 0.333 e. The lowest BCUT2D eigenvalue weighted by Gasteiger charge is -2.16. The molecular weight excluding hydrogens is 434 g/mol. The number of ketones is 1. The van der Waals surface area contributed by atoms with Crippen LogP contribution in [-0.4, -0.2) is 51.8 Å². The van der Waals surface area contributed by atoms with E-state index in [0.717, 1.165) is 19.3 Å². The maximum atomic E-state index is 13.2. The van der Waals surface area contributed by atoms with E-state index in [1.54, 1.807) is 6.07 Å². The monoisotopic (exact) mass is 461 g/mol. The molecule has 0 bridgehead atoms. The van der Waals surface area contributed by atoms with Gasteiger partial charge in [-0.05, 0) is 50.5 Å². The van der Waals surface area contributed by atoms with Gasteiger partial charge in [0.2, 0.25) is 5.78 Å². The third-order valence-electron chi connectivity index (χ3n) is 6.13. The van der Waals surface area contributed by atoms with Gasteiger partial charge in [0, 0.05) is 18.3 Å². The Labute approximate surface area is 186 Å². The van der Waals surface area contributed by atoms with Gasteiger partial charge in [0.05, 0.1) is 30.0 Å². The Morgan fingerprint density at radius 3 is 2.94 bits per heavy atom. The van der Waals surface area contributed by atoms with E-state index in [-0.39, 0.29) is 30.3 Å². The summed E-state index contributed by atoms with van der Waals surface area (Å²) in [5.41, 5.74) is 1.31. The van der Waals surface area contributed by atoms with Crippen molar-refractivity contribution < 1.29 is 22.5 Å². The number of nitrogens with zero attached hydrogens (tertiary/aromatic N) is 4. The minimum atomic E-state index is -4.06. The number of carbonyl (C=O) groups is 1. The van der Waals surface area contributed by atoms with Crippen molar-refractivity contribution in [2.75, 3.05) is 6.61 Å². The highest BCUT2D eigenvalue weighted by Gasteiger charge is 2.35. The van der Waals surface area contributed by atoms with Crippen LogP contribution in [0.5, 0.6) is 0 Å². The molecule has 4 rings (SSSR count). The lowest BCUT2D eigenvalue weighted by molar-refractivity contribution is 0.100. The zero-order chi connectivity index (χ0) is 22.7. The summed E-state index contributed by atoms with van der Waals surface area (Å²) < 4.78 is 28.5. The van der Waals surface area contributed by atoms with E-state index < -0.39 is 16.4 Å². The number of rotatable bonds is 8. The Bertz CT molecular complexity index is 1100. The predicted molar refractivity (Wildman–Crippen MR) is 115 cm³/mol. The van der Waals surface area contributed by atoms with E-state index in [4.69, 9.17) is 5.14 Å². The third-order valence-corrected chi connectivity index (χ3v) is 6.60. The van der Waals surface area contributed by atoms with Crippen LogP contribution in [0.25, 0.3) is 0 Å². The molecule has 2 aromatic heterocycles. The number of carbonyl (C=O) groups excluding carboxylic acids is 1. The first-order valence-corrected chi connectivity index (χ1v) is 12.2. The molecule has 0 radical (unpaired) electrons. The van der Waals surface area contributed by atoms with E-state index >= 15 is 0 Å². The fraction of sp³-hybridized carbons (Fsp3) is 0.524. The van der Waals surface area contributed by atoms with Crippen molar-refractivity contribution in [3.63, 3.8) is 0 Å². The van der Waals surface area contributed by atoms with Crippen LogP contribution in [0.1, 0.15) is 59.9 Å². The highest BCUT2D eigenvalue weighted by molar-refractivity contribution is 7.84. The van der Waals surface area contributed by atoms with Crippen LogP contribution in [0.3, 0.4) is 0 Å². The van der Waals surface area contributed by atoms with Crippen LogP contribution in [0.4, 0.5) is 0 Å². The molecule has 0 spiro atoms. The topological polar surface area (TPSA) is 150 Å². The summed E-state index contributed by atoms with van der Waals surface area (Å²) >= 11 is 0. The van der Waals surface area contributed by atoms with Crippen LogP contribution >= 0.6 is 0 Å². The minimum absolute atomic E-state index is 0.0189. The average Bonchev–Trinajstić information content (AvgIpc) is 3.39. The Morgan fingerprint density at radius 2 is 2.19 bits per heavy atom. The molecule has 4 atom stereocenters. The highest BCUT2D eigenvalue weighted by atomic mass is 32.2. The van der Waals surface area contributed by atoms with Gasteiger partial charge >= 0.3 is 10.3 Å². The summed E-state index contributed by atoms with van der Waals surface area (Å²) in [5, 5.41) is 19.7. The van der Waals surface area contributed by atoms with Crippen molar-refractivity contribution in [2.24, 2.45) is 17.0 Å². The first-order chi connectivity index (χ1) is 15.3. The molecule has 32 heavy (non-hydrogen) atoms. The number of allylic oxidation sites excluding steroid dienone is 2. The van der Waals surface area contributed by atoms with Gasteiger partial charge in [-0.3, -0.25) is 13.7 Å². The number of aliphatic hydroxyl groups is 1. The van der Waals surface area contributed by atoms with Crippen molar-refractivity contribution in [1.29, 1.82) is 0 Å². The minimum Gasteiger partial charge on any atom is -0.393 e. The summed E-state index contributed by atoms with van der Waals surface area (Å²) in [7, 11) is -4.06. The molecule has 2 aromatic rings. The summed E-state index contributed by atoms with van der Waals surface area (Å²) in [5.74, 6) is -0.573. The Kier molecular flexibility index (Phi) is 6.79. The molecule has 0 aliphatic heterocycles. The second kappa shape index (κ2) is 9.57. The van der Waals surface area contributed by atoms with Gasteiger partial charge in [-0.25, -0.2) is 15.1 Å². The zero-order valence-corrected chi connectivity index (χ0v) is 18.4. The SMILES string of the molecule is NS(=O)(=O)OC[C@H]1C[C@@H](Cc2ncncc2C(=O)c2ccn(C3C=CCCC3)n2)C[C@@H]1O. The normalized spacial score (nSPS) is 25.8. The van der Waals surface area contributed by atoms with Gasteiger partial charge in [-0.1, -0.05) is 12.2 Å². The number of hydrogen-bond donors (Lipinski definition) is 2. The fourth-order valence-electron chi connectivity index (χ4n) is 4.52. The largest absolute Gasteiger partial charge is 0.393 e. The van der Waals surface area contributed by atoms with Crippen molar-refractivity contribution in [2.45, 2.75) is 50.7 Å². The maximum Gasteiger partial charge on any atom is 0.333 e. The number of aromatic nitrogens is 4. The lowest BCUT2D eigenvalue weighted by atomic mass is 9.96. The van der Waals surface area contributed by atoms with Crippen LogP contribution in [0, 0.1) is 11.8 Å². The number of hydrogen-bond acceptors (Lipinski definition) is 8. The van der Waals surface area contributed by atoms with E-state index in [9.17, 15) is 18.3 Å². The molecule has 172 valence electrons. The molecule has 2 heterocycles. The van der Waals surface area contributed by atoms with Crippen LogP contribution in [0.2, 0.25) is 0 Å². The van der Waals surface area contributed by atoms with Crippen molar-refractivity contribution in [3.05, 3.63) is 53.9 Å². The van der Waals surface area contributed by atoms with Crippen LogP contribution in [0.15, 0.2) is 36.9 Å². The molecule has 1 saturated carbocycles. The van der Waals surface area contributed by atoms with E-state index in [1.807, 2.05) is 10.9 Å². The maximum absolute atomic E-state index is 13.2. The zero-order valence-electron chi connectivity index (χ0n) is 17.6. The molecule has 11 heteroatoms. The fourth-order valence-corrected chi connectivity index (χ4v) is 4.89. The Hall–Kier alpha value is -2.47. The van der Waals surface area contributed by atoms with Crippen molar-refractivity contribution in [3.8, 4) is 0 Å². The number of aliphatic hydroxyl groups excluding tert-OH is 1. The molecule has 3 N–H and O–H groups in total. The average molecular weight is 462 g/mol. The molecule has 0 aromatic carbocycles. The van der Waals surface area contributed by atoms with E-state index in [0.29, 0.717) is 36.2 Å². The summed E-state index contributed by atoms with van der Waals surface area (Å²) in [6.45, 7) is -0.168. The van der Waals surface area contributed by atoms with E-state index in [2.05, 4.69) is 31.4 Å². The van der Waals surface area contributed by atoms with Gasteiger partial charge in [0.15, 0.2) is 0 Å². The summed E-state index contributed by atoms with van der Waals surface area (Å²) in [4.78, 5) is 21.5. The van der Waals surface area contributed by atoms with Gasteiger partial charge in [-0.2, -0.15) is 13.5 Å². The first kappa shape index (κ1) is 22.7. The second-order valence-corrected chi connectivity index (χ2v) is 9.69. The second-order valence-electron chi connectivity index (χ2n) is 8.47. The van der Waals surface area contributed by atoms with Gasteiger partial charge in [0.25, 0.3) is 0 Å². The van der Waals surface area contributed by atoms with Crippen LogP contribution in [-0.2, 0) is 20.9 Å². The Balaban J connectivity index is 1.45. The molecule has 0 amide bonds. The van der Waals surface area contributed by atoms with Gasteiger partial charge in [0.1, 0.15) is 12.0 Å². The molecule has 10 nitrogen and oxygen atoms in total.